The van der Waals surface area contributed by atoms with Crippen LogP contribution >= 0.6 is 0 Å². The van der Waals surface area contributed by atoms with E-state index in [2.05, 4.69) is 10.2 Å². The van der Waals surface area contributed by atoms with Gasteiger partial charge in [-0.15, -0.1) is 0 Å². The summed E-state index contributed by atoms with van der Waals surface area (Å²) in [6.45, 7) is 4.97. The molecule has 7 nitrogen and oxygen atoms in total. The van der Waals surface area contributed by atoms with Crippen molar-refractivity contribution in [1.29, 1.82) is 0 Å². The first kappa shape index (κ1) is 15.9. The van der Waals surface area contributed by atoms with E-state index in [0.717, 1.165) is 49.7 Å². The number of benzene rings is 1. The molecule has 0 radical (unpaired) electrons. The van der Waals surface area contributed by atoms with Crippen molar-refractivity contribution in [2.24, 2.45) is 0 Å². The number of carboxylic acid groups (broad SMARTS) is 1. The Balaban J connectivity index is 1.61. The second kappa shape index (κ2) is 7.06. The Kier molecular flexibility index (Phi) is 4.88. The molecule has 7 heteroatoms. The number of nitrogens with zero attached hydrogens (tertiary/aromatic N) is 2. The largest absolute Gasteiger partial charge is 0.465 e. The standard InChI is InChI=1S/C16H24N4O3/c17-15-12(10-18-13-4-5-20(11-13)16(21)22)2-1-3-14(15)19-6-8-23-9-7-19/h1-3,13,18H,4-11,17H2,(H,21,22)/t13-/m1/s1. The molecule has 0 spiro atoms. The van der Waals surface area contributed by atoms with Gasteiger partial charge in [0, 0.05) is 38.8 Å². The molecule has 1 atom stereocenters. The zero-order chi connectivity index (χ0) is 16.2. The molecule has 2 aliphatic rings. The van der Waals surface area contributed by atoms with E-state index in [1.54, 1.807) is 0 Å². The van der Waals surface area contributed by atoms with E-state index in [0.29, 0.717) is 19.6 Å². The molecule has 23 heavy (non-hydrogen) atoms. The van der Waals surface area contributed by atoms with Crippen molar-refractivity contribution in [3.05, 3.63) is 23.8 Å². The fraction of sp³-hybridized carbons (Fsp3) is 0.562. The van der Waals surface area contributed by atoms with E-state index in [1.165, 1.54) is 4.90 Å². The Morgan fingerprint density at radius 3 is 2.83 bits per heavy atom. The van der Waals surface area contributed by atoms with Gasteiger partial charge in [-0.3, -0.25) is 0 Å². The van der Waals surface area contributed by atoms with Gasteiger partial charge in [0.05, 0.1) is 24.6 Å². The van der Waals surface area contributed by atoms with Crippen molar-refractivity contribution < 1.29 is 14.6 Å². The number of nitrogens with two attached hydrogens (primary N) is 1. The van der Waals surface area contributed by atoms with Gasteiger partial charge in [0.1, 0.15) is 0 Å². The van der Waals surface area contributed by atoms with Gasteiger partial charge >= 0.3 is 6.09 Å². The SMILES string of the molecule is Nc1c(CN[C@@H]2CCN(C(=O)O)C2)cccc1N1CCOCC1. The number of ether oxygens (including phenoxy) is 1. The molecule has 0 aromatic heterocycles. The maximum absolute atomic E-state index is 11.0. The molecule has 0 saturated carbocycles. The Hall–Kier alpha value is -1.99. The van der Waals surface area contributed by atoms with Crippen LogP contribution < -0.4 is 16.0 Å². The molecule has 3 rings (SSSR count). The average Bonchev–Trinajstić information content (AvgIpc) is 3.04. The summed E-state index contributed by atoms with van der Waals surface area (Å²) >= 11 is 0. The van der Waals surface area contributed by atoms with E-state index in [1.807, 2.05) is 18.2 Å². The highest BCUT2D eigenvalue weighted by molar-refractivity contribution is 5.71. The molecule has 1 amide bonds. The fourth-order valence-electron chi connectivity index (χ4n) is 3.19. The van der Waals surface area contributed by atoms with E-state index < -0.39 is 6.09 Å². The number of nitrogen functional groups attached to an aromatic ring is 1. The Labute approximate surface area is 136 Å². The molecule has 2 heterocycles. The summed E-state index contributed by atoms with van der Waals surface area (Å²) < 4.78 is 5.39. The van der Waals surface area contributed by atoms with Crippen molar-refractivity contribution >= 4 is 17.5 Å². The summed E-state index contributed by atoms with van der Waals surface area (Å²) in [5, 5.41) is 12.4. The number of nitrogens with one attached hydrogen (secondary N) is 1. The number of rotatable bonds is 4. The Bertz CT molecular complexity index is 560. The lowest BCUT2D eigenvalue weighted by atomic mass is 10.1. The molecule has 0 bridgehead atoms. The smallest absolute Gasteiger partial charge is 0.407 e. The number of likely N-dealkylation sites (tertiary alicyclic amines) is 1. The van der Waals surface area contributed by atoms with Crippen LogP contribution in [0.15, 0.2) is 18.2 Å². The van der Waals surface area contributed by atoms with Gasteiger partial charge in [-0.1, -0.05) is 12.1 Å². The van der Waals surface area contributed by atoms with Crippen LogP contribution in [-0.4, -0.2) is 61.5 Å². The maximum atomic E-state index is 11.0. The van der Waals surface area contributed by atoms with Crippen molar-refractivity contribution in [2.45, 2.75) is 19.0 Å². The highest BCUT2D eigenvalue weighted by Gasteiger charge is 2.25. The van der Waals surface area contributed by atoms with Crippen molar-refractivity contribution in [2.75, 3.05) is 50.0 Å². The van der Waals surface area contributed by atoms with Crippen LogP contribution in [0.1, 0.15) is 12.0 Å². The van der Waals surface area contributed by atoms with E-state index in [9.17, 15) is 4.79 Å². The summed E-state index contributed by atoms with van der Waals surface area (Å²) in [6.07, 6.45) is -0.00171. The average molecular weight is 320 g/mol. The van der Waals surface area contributed by atoms with E-state index in [4.69, 9.17) is 15.6 Å². The normalized spacial score (nSPS) is 21.7. The molecule has 2 fully saturated rings. The lowest BCUT2D eigenvalue weighted by Gasteiger charge is -2.30. The first-order valence-corrected chi connectivity index (χ1v) is 8.06. The summed E-state index contributed by atoms with van der Waals surface area (Å²) in [7, 11) is 0. The minimum absolute atomic E-state index is 0.192. The Morgan fingerprint density at radius 1 is 1.35 bits per heavy atom. The van der Waals surface area contributed by atoms with Crippen LogP contribution in [0, 0.1) is 0 Å². The number of hydrogen-bond donors (Lipinski definition) is 3. The second-order valence-corrected chi connectivity index (χ2v) is 6.04. The Morgan fingerprint density at radius 2 is 2.13 bits per heavy atom. The monoisotopic (exact) mass is 320 g/mol. The van der Waals surface area contributed by atoms with Gasteiger partial charge in [-0.2, -0.15) is 0 Å². The van der Waals surface area contributed by atoms with Gasteiger partial charge in [-0.05, 0) is 18.1 Å². The van der Waals surface area contributed by atoms with Crippen LogP contribution in [-0.2, 0) is 11.3 Å². The molecule has 0 aliphatic carbocycles. The zero-order valence-electron chi connectivity index (χ0n) is 13.2. The van der Waals surface area contributed by atoms with Crippen LogP contribution in [0.4, 0.5) is 16.2 Å². The van der Waals surface area contributed by atoms with Gasteiger partial charge in [-0.25, -0.2) is 4.79 Å². The van der Waals surface area contributed by atoms with Crippen LogP contribution in [0.25, 0.3) is 0 Å². The number of morpholine rings is 1. The first-order valence-electron chi connectivity index (χ1n) is 8.06. The molecule has 1 aromatic rings. The zero-order valence-corrected chi connectivity index (χ0v) is 13.2. The molecule has 1 aromatic carbocycles. The lowest BCUT2D eigenvalue weighted by molar-refractivity contribution is 0.123. The number of anilines is 2. The molecule has 126 valence electrons. The van der Waals surface area contributed by atoms with E-state index >= 15 is 0 Å². The quantitative estimate of drug-likeness (QED) is 0.716. The number of hydrogen-bond acceptors (Lipinski definition) is 5. The van der Waals surface area contributed by atoms with Crippen LogP contribution in [0.3, 0.4) is 0 Å². The van der Waals surface area contributed by atoms with Crippen LogP contribution in [0.5, 0.6) is 0 Å². The number of para-hydroxylation sites is 1. The minimum atomic E-state index is -0.844. The minimum Gasteiger partial charge on any atom is -0.465 e. The summed E-state index contributed by atoms with van der Waals surface area (Å²) in [5.74, 6) is 0. The van der Waals surface area contributed by atoms with Crippen molar-refractivity contribution in [1.82, 2.24) is 10.2 Å². The maximum Gasteiger partial charge on any atom is 0.407 e. The van der Waals surface area contributed by atoms with Gasteiger partial charge in [0.15, 0.2) is 0 Å². The molecular formula is C16H24N4O3. The predicted octanol–water partition coefficient (Wildman–Crippen LogP) is 0.947. The second-order valence-electron chi connectivity index (χ2n) is 6.04. The topological polar surface area (TPSA) is 91.1 Å². The van der Waals surface area contributed by atoms with Crippen LogP contribution in [0.2, 0.25) is 0 Å². The number of amides is 1. The highest BCUT2D eigenvalue weighted by Crippen LogP contribution is 2.27. The highest BCUT2D eigenvalue weighted by atomic mass is 16.5. The molecule has 4 N–H and O–H groups in total. The van der Waals surface area contributed by atoms with Gasteiger partial charge in [0.2, 0.25) is 0 Å². The molecular weight excluding hydrogens is 296 g/mol. The fourth-order valence-corrected chi connectivity index (χ4v) is 3.19. The third-order valence-corrected chi connectivity index (χ3v) is 4.57. The third kappa shape index (κ3) is 3.68. The van der Waals surface area contributed by atoms with Crippen molar-refractivity contribution in [3.8, 4) is 0 Å². The lowest BCUT2D eigenvalue weighted by Crippen LogP contribution is -2.37. The third-order valence-electron chi connectivity index (χ3n) is 4.57. The first-order chi connectivity index (χ1) is 11.1. The summed E-state index contributed by atoms with van der Waals surface area (Å²) in [5.41, 5.74) is 9.27. The van der Waals surface area contributed by atoms with E-state index in [-0.39, 0.29) is 6.04 Å². The van der Waals surface area contributed by atoms with Crippen molar-refractivity contribution in [3.63, 3.8) is 0 Å². The summed E-state index contributed by atoms with van der Waals surface area (Å²) in [6, 6.07) is 6.29. The van der Waals surface area contributed by atoms with Gasteiger partial charge in [0.25, 0.3) is 0 Å². The van der Waals surface area contributed by atoms with Gasteiger partial charge < -0.3 is 30.7 Å². The predicted molar refractivity (Wildman–Crippen MR) is 88.7 cm³/mol. The molecule has 2 aliphatic heterocycles. The molecule has 2 saturated heterocycles. The summed E-state index contributed by atoms with van der Waals surface area (Å²) in [4.78, 5) is 14.7. The number of carbonyl (C=O) groups is 1. The molecule has 0 unspecified atom stereocenters.